The smallest absolute Gasteiger partial charge is 0.338 e. The number of hydrogen-bond donors (Lipinski definition) is 2. The van der Waals surface area contributed by atoms with Gasteiger partial charge in [0.2, 0.25) is 0 Å². The van der Waals surface area contributed by atoms with E-state index in [-0.39, 0.29) is 23.9 Å². The molecule has 1 aliphatic heterocycles. The average Bonchev–Trinajstić information content (AvgIpc) is 2.68. The van der Waals surface area contributed by atoms with Crippen LogP contribution in [0, 0.1) is 17.8 Å². The van der Waals surface area contributed by atoms with Gasteiger partial charge in [0.15, 0.2) is 5.60 Å². The third kappa shape index (κ3) is 1.63. The zero-order valence-electron chi connectivity index (χ0n) is 11.1. The predicted octanol–water partition coefficient (Wildman–Crippen LogP) is 1.18. The van der Waals surface area contributed by atoms with Crippen LogP contribution in [0.1, 0.15) is 26.2 Å². The van der Waals surface area contributed by atoms with Gasteiger partial charge in [0.25, 0.3) is 0 Å². The minimum Gasteiger partial charge on any atom is -0.459 e. The maximum absolute atomic E-state index is 11.8. The summed E-state index contributed by atoms with van der Waals surface area (Å²) in [5.74, 6) is -0.788. The molecule has 104 valence electrons. The quantitative estimate of drug-likeness (QED) is 0.509. The van der Waals surface area contributed by atoms with Gasteiger partial charge in [0, 0.05) is 11.8 Å². The van der Waals surface area contributed by atoms with Crippen LogP contribution in [0.25, 0.3) is 0 Å². The van der Waals surface area contributed by atoms with Crippen LogP contribution in [0.2, 0.25) is 0 Å². The predicted molar refractivity (Wildman–Crippen MR) is 69.1 cm³/mol. The van der Waals surface area contributed by atoms with Crippen molar-refractivity contribution in [2.75, 3.05) is 0 Å². The molecule has 0 aromatic rings. The normalized spacial score (nSPS) is 49.6. The molecule has 3 rings (SSSR count). The van der Waals surface area contributed by atoms with Crippen LogP contribution in [0.3, 0.4) is 0 Å². The van der Waals surface area contributed by atoms with Gasteiger partial charge < -0.3 is 14.9 Å². The third-order valence-corrected chi connectivity index (χ3v) is 5.20. The molecular weight excluding hydrogens is 244 g/mol. The van der Waals surface area contributed by atoms with Crippen molar-refractivity contribution in [3.05, 3.63) is 24.3 Å². The number of carbonyl (C=O) groups is 1. The Hall–Kier alpha value is -1.13. The molecule has 1 heterocycles. The first-order chi connectivity index (χ1) is 8.84. The fourth-order valence-corrected chi connectivity index (χ4v) is 3.97. The Kier molecular flexibility index (Phi) is 2.67. The first-order valence-electron chi connectivity index (χ1n) is 6.82. The van der Waals surface area contributed by atoms with E-state index in [0.29, 0.717) is 18.4 Å². The van der Waals surface area contributed by atoms with Crippen molar-refractivity contribution in [1.82, 2.24) is 0 Å². The molecule has 1 saturated heterocycles. The topological polar surface area (TPSA) is 66.8 Å². The van der Waals surface area contributed by atoms with Gasteiger partial charge >= 0.3 is 5.97 Å². The third-order valence-electron chi connectivity index (χ3n) is 5.20. The minimum atomic E-state index is -1.44. The lowest BCUT2D eigenvalue weighted by molar-refractivity contribution is -0.155. The summed E-state index contributed by atoms with van der Waals surface area (Å²) in [6.07, 6.45) is 1.12. The molecule has 3 aliphatic rings. The van der Waals surface area contributed by atoms with Crippen molar-refractivity contribution in [3.63, 3.8) is 0 Å². The van der Waals surface area contributed by atoms with Gasteiger partial charge in [0.05, 0.1) is 6.10 Å². The van der Waals surface area contributed by atoms with Crippen molar-refractivity contribution < 1.29 is 19.7 Å². The van der Waals surface area contributed by atoms with E-state index in [1.807, 2.05) is 0 Å². The number of fused-ring (bicyclic) bond motifs is 3. The maximum atomic E-state index is 11.8. The second-order valence-electron chi connectivity index (χ2n) is 6.28. The minimum absolute atomic E-state index is 0.104. The van der Waals surface area contributed by atoms with E-state index in [1.165, 1.54) is 6.92 Å². The Labute approximate surface area is 112 Å². The summed E-state index contributed by atoms with van der Waals surface area (Å²) in [6.45, 7) is 9.60. The lowest BCUT2D eigenvalue weighted by Crippen LogP contribution is -2.40. The highest BCUT2D eigenvalue weighted by Crippen LogP contribution is 2.53. The zero-order valence-corrected chi connectivity index (χ0v) is 11.1. The maximum Gasteiger partial charge on any atom is 0.338 e. The van der Waals surface area contributed by atoms with Gasteiger partial charge in [-0.15, -0.1) is 0 Å². The van der Waals surface area contributed by atoms with Crippen LogP contribution in [-0.2, 0) is 9.53 Å². The Balaban J connectivity index is 2.02. The summed E-state index contributed by atoms with van der Waals surface area (Å²) >= 11 is 0. The van der Waals surface area contributed by atoms with E-state index >= 15 is 0 Å². The summed E-state index contributed by atoms with van der Waals surface area (Å²) < 4.78 is 5.44. The van der Waals surface area contributed by atoms with Crippen LogP contribution in [0.4, 0.5) is 0 Å². The number of carbonyl (C=O) groups excluding carboxylic acids is 1. The molecule has 0 unspecified atom stereocenters. The first kappa shape index (κ1) is 12.9. The standard InChI is InChI=1S/C15H20O4/c1-7-4-5-10-13(19-14(17)15(10,3)18)12-8(2)11(16)6-9(7)12/h9-13,16,18H,1-2,4-6H2,3H3/t9-,10+,11-,12-,13-,15+/m0/s1. The van der Waals surface area contributed by atoms with Gasteiger partial charge in [-0.2, -0.15) is 0 Å². The second kappa shape index (κ2) is 3.93. The van der Waals surface area contributed by atoms with E-state index < -0.39 is 17.7 Å². The molecule has 2 N–H and O–H groups in total. The van der Waals surface area contributed by atoms with Gasteiger partial charge in [-0.05, 0) is 37.7 Å². The lowest BCUT2D eigenvalue weighted by atomic mass is 9.78. The lowest BCUT2D eigenvalue weighted by Gasteiger charge is -2.27. The Morgan fingerprint density at radius 2 is 2.11 bits per heavy atom. The summed E-state index contributed by atoms with van der Waals surface area (Å²) in [4.78, 5) is 11.8. The summed E-state index contributed by atoms with van der Waals surface area (Å²) in [5.41, 5.74) is 0.353. The first-order valence-corrected chi connectivity index (χ1v) is 6.82. The molecule has 0 aromatic carbocycles. The Bertz CT molecular complexity index is 465. The molecule has 0 amide bonds. The SMILES string of the molecule is C=C1[C@@H]2[C@H]3OC(=O)[C@](C)(O)[C@@H]3CCC(=C)[C@@H]2C[C@@H]1O. The Morgan fingerprint density at radius 3 is 2.79 bits per heavy atom. The van der Waals surface area contributed by atoms with Crippen LogP contribution in [0.5, 0.6) is 0 Å². The largest absolute Gasteiger partial charge is 0.459 e. The Morgan fingerprint density at radius 1 is 1.42 bits per heavy atom. The summed E-state index contributed by atoms with van der Waals surface area (Å²) in [7, 11) is 0. The highest BCUT2D eigenvalue weighted by atomic mass is 16.6. The van der Waals surface area contributed by atoms with E-state index in [0.717, 1.165) is 12.0 Å². The molecule has 4 nitrogen and oxygen atoms in total. The number of aliphatic hydroxyl groups excluding tert-OH is 1. The average molecular weight is 264 g/mol. The molecule has 0 spiro atoms. The van der Waals surface area contributed by atoms with Gasteiger partial charge in [0.1, 0.15) is 6.10 Å². The van der Waals surface area contributed by atoms with Crippen LogP contribution in [0.15, 0.2) is 24.3 Å². The number of esters is 1. The molecule has 0 aromatic heterocycles. The molecule has 6 atom stereocenters. The van der Waals surface area contributed by atoms with E-state index in [1.54, 1.807) is 0 Å². The highest BCUT2D eigenvalue weighted by Gasteiger charge is 2.59. The van der Waals surface area contributed by atoms with Gasteiger partial charge in [-0.25, -0.2) is 4.79 Å². The second-order valence-corrected chi connectivity index (χ2v) is 6.28. The van der Waals surface area contributed by atoms with Crippen molar-refractivity contribution in [2.45, 2.75) is 44.0 Å². The molecule has 4 heteroatoms. The fourth-order valence-electron chi connectivity index (χ4n) is 3.97. The highest BCUT2D eigenvalue weighted by molar-refractivity contribution is 5.82. The summed E-state index contributed by atoms with van der Waals surface area (Å²) in [5, 5.41) is 20.4. The van der Waals surface area contributed by atoms with Gasteiger partial charge in [-0.1, -0.05) is 18.7 Å². The van der Waals surface area contributed by atoms with Crippen molar-refractivity contribution in [3.8, 4) is 0 Å². The van der Waals surface area contributed by atoms with Crippen molar-refractivity contribution in [2.24, 2.45) is 17.8 Å². The number of rotatable bonds is 0. The molecular formula is C15H20O4. The van der Waals surface area contributed by atoms with E-state index in [2.05, 4.69) is 13.2 Å². The van der Waals surface area contributed by atoms with Crippen LogP contribution >= 0.6 is 0 Å². The molecule has 19 heavy (non-hydrogen) atoms. The van der Waals surface area contributed by atoms with Crippen LogP contribution in [-0.4, -0.2) is 34.0 Å². The van der Waals surface area contributed by atoms with E-state index in [4.69, 9.17) is 4.74 Å². The van der Waals surface area contributed by atoms with Gasteiger partial charge in [-0.3, -0.25) is 0 Å². The van der Waals surface area contributed by atoms with E-state index in [9.17, 15) is 15.0 Å². The molecule has 0 radical (unpaired) electrons. The number of ether oxygens (including phenoxy) is 1. The molecule has 2 saturated carbocycles. The summed E-state index contributed by atoms with van der Waals surface area (Å²) in [6, 6.07) is 0. The monoisotopic (exact) mass is 264 g/mol. The number of allylic oxidation sites excluding steroid dienone is 1. The van der Waals surface area contributed by atoms with Crippen molar-refractivity contribution >= 4 is 5.97 Å². The number of aliphatic hydroxyl groups is 2. The number of hydrogen-bond acceptors (Lipinski definition) is 4. The molecule has 0 bridgehead atoms. The van der Waals surface area contributed by atoms with Crippen molar-refractivity contribution in [1.29, 1.82) is 0 Å². The molecule has 2 aliphatic carbocycles. The zero-order chi connectivity index (χ0) is 13.9. The molecule has 3 fully saturated rings. The van der Waals surface area contributed by atoms with Crippen LogP contribution < -0.4 is 0 Å². The fraction of sp³-hybridized carbons (Fsp3) is 0.667.